The molecular formula is C15H14N2O. The van der Waals surface area contributed by atoms with E-state index in [1.165, 1.54) is 0 Å². The van der Waals surface area contributed by atoms with Gasteiger partial charge < -0.3 is 10.4 Å². The van der Waals surface area contributed by atoms with Crippen molar-refractivity contribution in [3.63, 3.8) is 0 Å². The quantitative estimate of drug-likeness (QED) is 0.808. The number of pyridine rings is 1. The number of aryl methyl sites for hydroxylation is 1. The summed E-state index contributed by atoms with van der Waals surface area (Å²) in [6.07, 6.45) is 5.34. The Morgan fingerprint density at radius 3 is 2.94 bits per heavy atom. The molecule has 0 aliphatic rings. The number of aromatic hydroxyl groups is 1. The van der Waals surface area contributed by atoms with Crippen LogP contribution in [0.4, 0.5) is 5.69 Å². The normalized spacial score (nSPS) is 9.78. The van der Waals surface area contributed by atoms with Crippen molar-refractivity contribution in [1.29, 1.82) is 0 Å². The third kappa shape index (κ3) is 2.80. The highest BCUT2D eigenvalue weighted by Crippen LogP contribution is 2.17. The highest BCUT2D eigenvalue weighted by atomic mass is 16.3. The van der Waals surface area contributed by atoms with E-state index in [9.17, 15) is 5.11 Å². The molecule has 3 heteroatoms. The molecule has 0 radical (unpaired) electrons. The summed E-state index contributed by atoms with van der Waals surface area (Å²) in [5.41, 5.74) is 3.23. The zero-order chi connectivity index (χ0) is 13.0. The Morgan fingerprint density at radius 2 is 2.17 bits per heavy atom. The van der Waals surface area contributed by atoms with E-state index < -0.39 is 0 Å². The molecule has 0 aliphatic heterocycles. The fourth-order valence-corrected chi connectivity index (χ4v) is 1.64. The van der Waals surface area contributed by atoms with E-state index in [1.54, 1.807) is 12.1 Å². The van der Waals surface area contributed by atoms with Crippen molar-refractivity contribution in [1.82, 2.24) is 4.98 Å². The number of benzene rings is 1. The van der Waals surface area contributed by atoms with Gasteiger partial charge in [0.25, 0.3) is 0 Å². The highest BCUT2D eigenvalue weighted by molar-refractivity contribution is 5.50. The molecule has 1 aromatic carbocycles. The van der Waals surface area contributed by atoms with Gasteiger partial charge in [-0.1, -0.05) is 12.0 Å². The number of hydrogen-bond donors (Lipinski definition) is 2. The van der Waals surface area contributed by atoms with E-state index >= 15 is 0 Å². The predicted molar refractivity (Wildman–Crippen MR) is 72.3 cm³/mol. The van der Waals surface area contributed by atoms with Crippen LogP contribution in [0.5, 0.6) is 5.75 Å². The van der Waals surface area contributed by atoms with Gasteiger partial charge in [0.05, 0.1) is 6.54 Å². The lowest BCUT2D eigenvalue weighted by molar-refractivity contribution is 0.464. The van der Waals surface area contributed by atoms with Crippen LogP contribution >= 0.6 is 0 Å². The molecule has 3 nitrogen and oxygen atoms in total. The van der Waals surface area contributed by atoms with E-state index in [0.29, 0.717) is 12.2 Å². The molecule has 18 heavy (non-hydrogen) atoms. The molecule has 0 fully saturated rings. The van der Waals surface area contributed by atoms with Gasteiger partial charge in [-0.2, -0.15) is 0 Å². The summed E-state index contributed by atoms with van der Waals surface area (Å²) in [7, 11) is 0. The van der Waals surface area contributed by atoms with Crippen molar-refractivity contribution in [2.24, 2.45) is 0 Å². The molecular weight excluding hydrogens is 224 g/mol. The van der Waals surface area contributed by atoms with Crippen molar-refractivity contribution < 1.29 is 5.11 Å². The average Bonchev–Trinajstić information content (AvgIpc) is 2.40. The maximum atomic E-state index is 9.68. The molecule has 0 saturated heterocycles. The SMILES string of the molecule is C#Cc1cccc(NCc2nc(C)ccc2O)c1. The molecule has 1 heterocycles. The number of terminal acetylenes is 1. The van der Waals surface area contributed by atoms with E-state index in [0.717, 1.165) is 16.9 Å². The van der Waals surface area contributed by atoms with Crippen molar-refractivity contribution in [3.05, 3.63) is 53.3 Å². The summed E-state index contributed by atoms with van der Waals surface area (Å²) in [6, 6.07) is 11.0. The Kier molecular flexibility index (Phi) is 3.49. The lowest BCUT2D eigenvalue weighted by Crippen LogP contribution is -2.03. The predicted octanol–water partition coefficient (Wildman–Crippen LogP) is 2.69. The van der Waals surface area contributed by atoms with Gasteiger partial charge in [-0.15, -0.1) is 6.42 Å². The number of nitrogens with zero attached hydrogens (tertiary/aromatic N) is 1. The maximum absolute atomic E-state index is 9.68. The molecule has 2 rings (SSSR count). The topological polar surface area (TPSA) is 45.2 Å². The Balaban J connectivity index is 2.11. The van der Waals surface area contributed by atoms with Gasteiger partial charge in [0.2, 0.25) is 0 Å². The van der Waals surface area contributed by atoms with Crippen LogP contribution in [0.25, 0.3) is 0 Å². The number of hydrogen-bond acceptors (Lipinski definition) is 3. The third-order valence-electron chi connectivity index (χ3n) is 2.58. The van der Waals surface area contributed by atoms with Crippen LogP contribution in [0.3, 0.4) is 0 Å². The van der Waals surface area contributed by atoms with E-state index in [2.05, 4.69) is 16.2 Å². The van der Waals surface area contributed by atoms with Crippen LogP contribution in [0.1, 0.15) is 17.0 Å². The minimum atomic E-state index is 0.196. The minimum absolute atomic E-state index is 0.196. The third-order valence-corrected chi connectivity index (χ3v) is 2.58. The first kappa shape index (κ1) is 12.0. The summed E-state index contributed by atoms with van der Waals surface area (Å²) < 4.78 is 0. The summed E-state index contributed by atoms with van der Waals surface area (Å²) in [5.74, 6) is 2.78. The second-order valence-electron chi connectivity index (χ2n) is 4.00. The van der Waals surface area contributed by atoms with E-state index in [1.807, 2.05) is 31.2 Å². The minimum Gasteiger partial charge on any atom is -0.506 e. The van der Waals surface area contributed by atoms with Crippen molar-refractivity contribution in [2.45, 2.75) is 13.5 Å². The molecule has 0 aliphatic carbocycles. The fourth-order valence-electron chi connectivity index (χ4n) is 1.64. The summed E-state index contributed by atoms with van der Waals surface area (Å²) >= 11 is 0. The van der Waals surface area contributed by atoms with Crippen molar-refractivity contribution in [2.75, 3.05) is 5.32 Å². The monoisotopic (exact) mass is 238 g/mol. The van der Waals surface area contributed by atoms with Crippen molar-refractivity contribution >= 4 is 5.69 Å². The molecule has 0 saturated carbocycles. The first-order valence-corrected chi connectivity index (χ1v) is 5.65. The standard InChI is InChI=1S/C15H14N2O/c1-3-12-5-4-6-13(9-12)16-10-14-15(18)8-7-11(2)17-14/h1,4-9,16,18H,10H2,2H3. The average molecular weight is 238 g/mol. The molecule has 90 valence electrons. The highest BCUT2D eigenvalue weighted by Gasteiger charge is 2.03. The maximum Gasteiger partial charge on any atom is 0.138 e. The number of anilines is 1. The number of aromatic nitrogens is 1. The number of rotatable bonds is 3. The largest absolute Gasteiger partial charge is 0.506 e. The Labute approximate surface area is 107 Å². The smallest absolute Gasteiger partial charge is 0.138 e. The van der Waals surface area contributed by atoms with Gasteiger partial charge in [0, 0.05) is 16.9 Å². The van der Waals surface area contributed by atoms with Crippen LogP contribution in [0, 0.1) is 19.3 Å². The molecule has 0 bridgehead atoms. The lowest BCUT2D eigenvalue weighted by Gasteiger charge is -2.08. The molecule has 0 spiro atoms. The van der Waals surface area contributed by atoms with Gasteiger partial charge in [0.15, 0.2) is 0 Å². The molecule has 0 amide bonds. The summed E-state index contributed by atoms with van der Waals surface area (Å²) in [5, 5.41) is 12.9. The second kappa shape index (κ2) is 5.24. The molecule has 2 N–H and O–H groups in total. The Bertz CT molecular complexity index is 600. The van der Waals surface area contributed by atoms with E-state index in [-0.39, 0.29) is 5.75 Å². The van der Waals surface area contributed by atoms with Crippen LogP contribution < -0.4 is 5.32 Å². The van der Waals surface area contributed by atoms with Crippen LogP contribution in [0.15, 0.2) is 36.4 Å². The van der Waals surface area contributed by atoms with Crippen LogP contribution in [0.2, 0.25) is 0 Å². The molecule has 2 aromatic rings. The molecule has 1 aromatic heterocycles. The van der Waals surface area contributed by atoms with Crippen LogP contribution in [-0.4, -0.2) is 10.1 Å². The van der Waals surface area contributed by atoms with Crippen molar-refractivity contribution in [3.8, 4) is 18.1 Å². The fraction of sp³-hybridized carbons (Fsp3) is 0.133. The second-order valence-corrected chi connectivity index (χ2v) is 4.00. The van der Waals surface area contributed by atoms with Gasteiger partial charge in [-0.25, -0.2) is 0 Å². The van der Waals surface area contributed by atoms with Gasteiger partial charge in [-0.3, -0.25) is 4.98 Å². The number of nitrogens with one attached hydrogen (secondary N) is 1. The molecule has 0 unspecified atom stereocenters. The molecule has 0 atom stereocenters. The zero-order valence-corrected chi connectivity index (χ0v) is 10.1. The summed E-state index contributed by atoms with van der Waals surface area (Å²) in [4.78, 5) is 4.28. The van der Waals surface area contributed by atoms with Gasteiger partial charge in [-0.05, 0) is 37.3 Å². The van der Waals surface area contributed by atoms with Gasteiger partial charge >= 0.3 is 0 Å². The Hall–Kier alpha value is -2.47. The van der Waals surface area contributed by atoms with Crippen LogP contribution in [-0.2, 0) is 6.54 Å². The summed E-state index contributed by atoms with van der Waals surface area (Å²) in [6.45, 7) is 2.35. The Morgan fingerprint density at radius 1 is 1.33 bits per heavy atom. The zero-order valence-electron chi connectivity index (χ0n) is 10.1. The first-order chi connectivity index (χ1) is 8.69. The lowest BCUT2D eigenvalue weighted by atomic mass is 10.2. The first-order valence-electron chi connectivity index (χ1n) is 5.65. The van der Waals surface area contributed by atoms with E-state index in [4.69, 9.17) is 6.42 Å². The van der Waals surface area contributed by atoms with Gasteiger partial charge in [0.1, 0.15) is 11.4 Å².